The highest BCUT2D eigenvalue weighted by molar-refractivity contribution is 5.79. The van der Waals surface area contributed by atoms with Crippen molar-refractivity contribution in [2.45, 2.75) is 45.3 Å². The number of nitrogens with zero attached hydrogens (tertiary/aromatic N) is 2. The molecule has 22 heavy (non-hydrogen) atoms. The third-order valence-corrected chi connectivity index (χ3v) is 4.29. The fourth-order valence-electron chi connectivity index (χ4n) is 2.45. The van der Waals surface area contributed by atoms with Crippen LogP contribution in [0.1, 0.15) is 30.9 Å². The van der Waals surface area contributed by atoms with Crippen molar-refractivity contribution in [3.8, 4) is 0 Å². The molecule has 2 N–H and O–H groups in total. The lowest BCUT2D eigenvalue weighted by Gasteiger charge is -2.25. The molecule has 1 unspecified atom stereocenters. The van der Waals surface area contributed by atoms with Gasteiger partial charge in [0, 0.05) is 32.2 Å². The molecular weight excluding hydrogens is 279 g/mol. The van der Waals surface area contributed by atoms with E-state index in [1.807, 2.05) is 6.07 Å². The molecule has 0 bridgehead atoms. The second-order valence-electron chi connectivity index (χ2n) is 6.14. The van der Waals surface area contributed by atoms with E-state index in [0.717, 1.165) is 24.1 Å². The standard InChI is InChI=1S/C17H27FN4/c1-12-9-14(5-8-16(12)18)11-21-17(19-3)20-10-13(2)22(4)15-6-7-15/h5,8-9,13,15H,6-7,10-11H2,1-4H3,(H2,19,20,21). The summed E-state index contributed by atoms with van der Waals surface area (Å²) in [7, 11) is 3.95. The highest BCUT2D eigenvalue weighted by Gasteiger charge is 2.28. The van der Waals surface area contributed by atoms with Crippen LogP contribution in [0.5, 0.6) is 0 Å². The Bertz CT molecular complexity index is 525. The maximum absolute atomic E-state index is 13.3. The van der Waals surface area contributed by atoms with E-state index in [4.69, 9.17) is 0 Å². The summed E-state index contributed by atoms with van der Waals surface area (Å²) in [4.78, 5) is 6.66. The fraction of sp³-hybridized carbons (Fsp3) is 0.588. The van der Waals surface area contributed by atoms with Gasteiger partial charge in [0.25, 0.3) is 0 Å². The predicted octanol–water partition coefficient (Wildman–Crippen LogP) is 2.28. The monoisotopic (exact) mass is 306 g/mol. The molecule has 0 aliphatic heterocycles. The van der Waals surface area contributed by atoms with Crippen LogP contribution in [0.2, 0.25) is 0 Å². The second-order valence-corrected chi connectivity index (χ2v) is 6.14. The number of aliphatic imine (C=N–C) groups is 1. The summed E-state index contributed by atoms with van der Waals surface area (Å²) < 4.78 is 13.3. The lowest BCUT2D eigenvalue weighted by Crippen LogP contribution is -2.45. The van der Waals surface area contributed by atoms with Crippen LogP contribution in [0, 0.1) is 12.7 Å². The first-order valence-electron chi connectivity index (χ1n) is 7.92. The number of rotatable bonds is 6. The number of hydrogen-bond donors (Lipinski definition) is 2. The van der Waals surface area contributed by atoms with Gasteiger partial charge in [-0.2, -0.15) is 0 Å². The van der Waals surface area contributed by atoms with E-state index in [1.165, 1.54) is 18.9 Å². The van der Waals surface area contributed by atoms with E-state index in [1.54, 1.807) is 20.0 Å². The molecule has 0 radical (unpaired) electrons. The molecule has 1 atom stereocenters. The maximum atomic E-state index is 13.3. The maximum Gasteiger partial charge on any atom is 0.191 e. The highest BCUT2D eigenvalue weighted by atomic mass is 19.1. The topological polar surface area (TPSA) is 39.7 Å². The zero-order chi connectivity index (χ0) is 16.1. The molecule has 2 rings (SSSR count). The minimum absolute atomic E-state index is 0.164. The average molecular weight is 306 g/mol. The minimum Gasteiger partial charge on any atom is -0.355 e. The summed E-state index contributed by atoms with van der Waals surface area (Å²) in [6, 6.07) is 6.40. The Morgan fingerprint density at radius 3 is 2.73 bits per heavy atom. The van der Waals surface area contributed by atoms with E-state index in [0.29, 0.717) is 18.2 Å². The minimum atomic E-state index is -0.164. The normalized spacial score (nSPS) is 16.7. The van der Waals surface area contributed by atoms with Gasteiger partial charge in [-0.05, 0) is 50.9 Å². The quantitative estimate of drug-likeness (QED) is 0.626. The third kappa shape index (κ3) is 4.70. The number of hydrogen-bond acceptors (Lipinski definition) is 2. The molecule has 4 nitrogen and oxygen atoms in total. The molecule has 0 spiro atoms. The summed E-state index contributed by atoms with van der Waals surface area (Å²) in [6.07, 6.45) is 2.63. The molecule has 1 aromatic carbocycles. The van der Waals surface area contributed by atoms with Crippen LogP contribution >= 0.6 is 0 Å². The molecule has 0 saturated heterocycles. The van der Waals surface area contributed by atoms with E-state index in [9.17, 15) is 4.39 Å². The van der Waals surface area contributed by atoms with Crippen molar-refractivity contribution in [2.24, 2.45) is 4.99 Å². The lowest BCUT2D eigenvalue weighted by atomic mass is 10.1. The molecule has 1 fully saturated rings. The van der Waals surface area contributed by atoms with Gasteiger partial charge < -0.3 is 10.6 Å². The first kappa shape index (κ1) is 16.7. The molecule has 122 valence electrons. The Hall–Kier alpha value is -1.62. The van der Waals surface area contributed by atoms with Crippen molar-refractivity contribution in [3.63, 3.8) is 0 Å². The molecule has 5 heteroatoms. The van der Waals surface area contributed by atoms with Gasteiger partial charge in [-0.3, -0.25) is 9.89 Å². The van der Waals surface area contributed by atoms with Crippen LogP contribution < -0.4 is 10.6 Å². The van der Waals surface area contributed by atoms with E-state index < -0.39 is 0 Å². The van der Waals surface area contributed by atoms with Gasteiger partial charge in [0.2, 0.25) is 0 Å². The third-order valence-electron chi connectivity index (χ3n) is 4.29. The van der Waals surface area contributed by atoms with Crippen LogP contribution in [0.15, 0.2) is 23.2 Å². The predicted molar refractivity (Wildman–Crippen MR) is 89.6 cm³/mol. The number of benzene rings is 1. The molecule has 1 saturated carbocycles. The largest absolute Gasteiger partial charge is 0.355 e. The number of aryl methyl sites for hydroxylation is 1. The number of likely N-dealkylation sites (N-methyl/N-ethyl adjacent to an activating group) is 1. The second kappa shape index (κ2) is 7.58. The molecule has 1 aliphatic carbocycles. The SMILES string of the molecule is CN=C(NCc1ccc(F)c(C)c1)NCC(C)N(C)C1CC1. The van der Waals surface area contributed by atoms with Crippen molar-refractivity contribution in [1.82, 2.24) is 15.5 Å². The van der Waals surface area contributed by atoms with Gasteiger partial charge in [0.05, 0.1) is 0 Å². The Balaban J connectivity index is 1.78. The molecule has 0 amide bonds. The summed E-state index contributed by atoms with van der Waals surface area (Å²) in [6.45, 7) is 5.49. The Morgan fingerprint density at radius 1 is 1.41 bits per heavy atom. The van der Waals surface area contributed by atoms with Crippen LogP contribution in [0.25, 0.3) is 0 Å². The first-order chi connectivity index (χ1) is 10.5. The van der Waals surface area contributed by atoms with E-state index >= 15 is 0 Å². The van der Waals surface area contributed by atoms with Crippen LogP contribution in [0.3, 0.4) is 0 Å². The number of halogens is 1. The van der Waals surface area contributed by atoms with E-state index in [2.05, 4.69) is 34.5 Å². The number of guanidine groups is 1. The lowest BCUT2D eigenvalue weighted by molar-refractivity contribution is 0.247. The molecule has 0 aromatic heterocycles. The summed E-state index contributed by atoms with van der Waals surface area (Å²) in [5.74, 6) is 0.612. The molecule has 1 aromatic rings. The molecule has 1 aliphatic rings. The van der Waals surface area contributed by atoms with Gasteiger partial charge in [0.1, 0.15) is 5.82 Å². The summed E-state index contributed by atoms with van der Waals surface area (Å²) in [5, 5.41) is 6.62. The number of nitrogens with one attached hydrogen (secondary N) is 2. The summed E-state index contributed by atoms with van der Waals surface area (Å²) >= 11 is 0. The van der Waals surface area contributed by atoms with Gasteiger partial charge in [-0.15, -0.1) is 0 Å². The molecular formula is C17H27FN4. The molecule has 0 heterocycles. The summed E-state index contributed by atoms with van der Waals surface area (Å²) in [5.41, 5.74) is 1.71. The van der Waals surface area contributed by atoms with Crippen molar-refractivity contribution < 1.29 is 4.39 Å². The zero-order valence-corrected chi connectivity index (χ0v) is 14.0. The van der Waals surface area contributed by atoms with Gasteiger partial charge >= 0.3 is 0 Å². The Morgan fingerprint density at radius 2 is 2.14 bits per heavy atom. The first-order valence-corrected chi connectivity index (χ1v) is 7.92. The van der Waals surface area contributed by atoms with Crippen molar-refractivity contribution in [2.75, 3.05) is 20.6 Å². The zero-order valence-electron chi connectivity index (χ0n) is 14.0. The Labute approximate surface area is 132 Å². The van der Waals surface area contributed by atoms with Crippen LogP contribution in [0.4, 0.5) is 4.39 Å². The van der Waals surface area contributed by atoms with Crippen molar-refractivity contribution >= 4 is 5.96 Å². The fourth-order valence-corrected chi connectivity index (χ4v) is 2.45. The average Bonchev–Trinajstić information content (AvgIpc) is 3.34. The van der Waals surface area contributed by atoms with Crippen molar-refractivity contribution in [1.29, 1.82) is 0 Å². The van der Waals surface area contributed by atoms with Crippen molar-refractivity contribution in [3.05, 3.63) is 35.1 Å². The van der Waals surface area contributed by atoms with Gasteiger partial charge in [-0.25, -0.2) is 4.39 Å². The highest BCUT2D eigenvalue weighted by Crippen LogP contribution is 2.26. The Kier molecular flexibility index (Phi) is 5.77. The smallest absolute Gasteiger partial charge is 0.191 e. The van der Waals surface area contributed by atoms with Gasteiger partial charge in [0.15, 0.2) is 5.96 Å². The van der Waals surface area contributed by atoms with Crippen LogP contribution in [-0.4, -0.2) is 43.6 Å². The van der Waals surface area contributed by atoms with Crippen LogP contribution in [-0.2, 0) is 6.54 Å². The van der Waals surface area contributed by atoms with E-state index in [-0.39, 0.29) is 5.82 Å². The van der Waals surface area contributed by atoms with Gasteiger partial charge in [-0.1, -0.05) is 12.1 Å².